The number of phenols is 14. The predicted molar refractivity (Wildman–Crippen MR) is 353 cm³/mol. The Morgan fingerprint density at radius 1 is 0.388 bits per heavy atom. The highest BCUT2D eigenvalue weighted by atomic mass is 32.1. The Hall–Kier alpha value is -11.6. The summed E-state index contributed by atoms with van der Waals surface area (Å²) in [6, 6.07) is 19.9. The number of benzene rings is 7. The van der Waals surface area contributed by atoms with Crippen molar-refractivity contribution in [1.82, 2.24) is 0 Å². The third kappa shape index (κ3) is 34.0. The molecule has 0 aromatic heterocycles. The summed E-state index contributed by atoms with van der Waals surface area (Å²) in [7, 11) is 2.67. The van der Waals surface area contributed by atoms with Crippen LogP contribution in [0.5, 0.6) is 97.7 Å². The summed E-state index contributed by atoms with van der Waals surface area (Å²) >= 11 is 15.5. The van der Waals surface area contributed by atoms with E-state index in [1.165, 1.54) is 74.9 Å². The van der Waals surface area contributed by atoms with E-state index >= 15 is 0 Å². The molecule has 7 rings (SSSR count). The maximum Gasteiger partial charge on any atom is 0.343 e. The van der Waals surface area contributed by atoms with E-state index in [0.29, 0.717) is 5.75 Å². The lowest BCUT2D eigenvalue weighted by molar-refractivity contribution is -0.120. The van der Waals surface area contributed by atoms with Crippen LogP contribution in [0, 0.1) is 0 Å². The number of aliphatic hydroxyl groups excluding tert-OH is 3. The molecule has 0 spiro atoms. The first-order valence-electron chi connectivity index (χ1n) is 25.7. The van der Waals surface area contributed by atoms with Crippen LogP contribution in [0.1, 0.15) is 72.5 Å². The zero-order chi connectivity index (χ0) is 76.3. The molecule has 39 heteroatoms. The van der Waals surface area contributed by atoms with Gasteiger partial charge in [-0.05, 0) is 90.4 Å². The number of rotatable bonds is 15. The number of aromatic hydroxyl groups is 14. The summed E-state index contributed by atoms with van der Waals surface area (Å²) in [6.07, 6.45) is 0. The molecule has 0 fully saturated rings. The van der Waals surface area contributed by atoms with Gasteiger partial charge in [0.1, 0.15) is 51.0 Å². The van der Waals surface area contributed by atoms with Gasteiger partial charge >= 0.3 is 41.8 Å². The molecule has 0 radical (unpaired) electrons. The monoisotopic (exact) mass is 1460 g/mol. The Balaban J connectivity index is -0.00000104. The number of carbonyl (C=O) groups excluding carboxylic acids is 1. The molecule has 0 saturated heterocycles. The molecule has 7 aromatic carbocycles. The van der Waals surface area contributed by atoms with Crippen molar-refractivity contribution in [2.24, 2.45) is 0 Å². The van der Waals surface area contributed by atoms with E-state index in [0.717, 1.165) is 60.0 Å². The highest BCUT2D eigenvalue weighted by Crippen LogP contribution is 2.38. The number of carboxylic acids is 7. The number of para-hydroxylation sites is 1. The largest absolute Gasteiger partial charge is 0.508 e. The highest BCUT2D eigenvalue weighted by molar-refractivity contribution is 7.84. The van der Waals surface area contributed by atoms with Gasteiger partial charge in [-0.25, -0.2) is 33.6 Å². The van der Waals surface area contributed by atoms with E-state index < -0.39 is 116 Å². The Labute approximate surface area is 573 Å². The lowest BCUT2D eigenvalue weighted by Gasteiger charge is -2.08. The van der Waals surface area contributed by atoms with Gasteiger partial charge in [0.05, 0.1) is 50.7 Å². The summed E-state index contributed by atoms with van der Waals surface area (Å²) in [6.45, 7) is -0.0818. The van der Waals surface area contributed by atoms with Crippen molar-refractivity contribution in [3.05, 3.63) is 148 Å². The Kier molecular flexibility index (Phi) is 44.5. The van der Waals surface area contributed by atoms with Gasteiger partial charge in [0.2, 0.25) is 5.75 Å². The summed E-state index contributed by atoms with van der Waals surface area (Å²) in [5, 5.41) is 208. The van der Waals surface area contributed by atoms with Gasteiger partial charge < -0.3 is 137 Å². The van der Waals surface area contributed by atoms with E-state index in [4.69, 9.17) is 127 Å². The van der Waals surface area contributed by atoms with Gasteiger partial charge in [-0.2, -0.15) is 50.5 Å². The number of hydrogen-bond donors (Lipinski definition) is 28. The summed E-state index contributed by atoms with van der Waals surface area (Å²) in [4.78, 5) is 82.5. The van der Waals surface area contributed by atoms with Crippen LogP contribution in [0.4, 0.5) is 0 Å². The Morgan fingerprint density at radius 3 is 1.15 bits per heavy atom. The maximum absolute atomic E-state index is 10.7. The molecule has 0 aliphatic rings. The van der Waals surface area contributed by atoms with Crippen LogP contribution in [-0.2, 0) is 4.79 Å². The van der Waals surface area contributed by atoms with Crippen molar-refractivity contribution in [2.75, 3.05) is 51.3 Å². The molecule has 0 saturated carbocycles. The Bertz CT molecular complexity index is 3650. The standard InChI is InChI=1S/C9H10O5.C8H6O6.C7H6O5.4C7H6O4.C3H8OS2.C2H6O2.C2H6S2/c1-13-6-3-5(9(11)12)4-7(14-2)8(6)10;9-3-14-7-2-5(10)4(8(12)13)1-6(7)11;8-4-1-3(7(11)12)2-5(9)6(4)10;8-4-1-2-5(7(10)11)6(9)3-4;8-5-2-1-4(7(10)11)3-6(5)9;8-4-2-1-3-5(9)6(4)7(10)11;8-5-3-1-2-4(6(5)9)7(10)11;4-1-3(6)2-5;2*3-1-2-4/h3-4,10H,1-2H3,(H,11,12);1-3,10-11H,(H,12,13);1-2,8-10H,(H,11,12);4*1-3,8-9H,(H,10,11);3-6H,1-2H2;2*3-4H,1-2H2. The molecular weight excluding hydrogens is 1400 g/mol. The van der Waals surface area contributed by atoms with Crippen LogP contribution in [0.2, 0.25) is 0 Å². The first-order chi connectivity index (χ1) is 45.8. The minimum absolute atomic E-state index is 0.00324. The predicted octanol–water partition coefficient (Wildman–Crippen LogP) is 5.15. The number of carbonyl (C=O) groups is 8. The summed E-state index contributed by atoms with van der Waals surface area (Å²) in [5.41, 5.74) is -1.80. The molecule has 0 aliphatic carbocycles. The van der Waals surface area contributed by atoms with Crippen LogP contribution in [0.3, 0.4) is 0 Å². The number of aliphatic hydroxyl groups is 3. The number of ether oxygens (including phenoxy) is 3. The minimum atomic E-state index is -1.39. The second-order valence-corrected chi connectivity index (χ2v) is 18.9. The maximum atomic E-state index is 10.7. The highest BCUT2D eigenvalue weighted by Gasteiger charge is 2.18. The van der Waals surface area contributed by atoms with Crippen LogP contribution in [-0.4, -0.2) is 227 Å². The number of thiol groups is 4. The first kappa shape index (κ1) is 90.6. The van der Waals surface area contributed by atoms with Gasteiger partial charge in [-0.15, -0.1) is 0 Å². The fourth-order valence-corrected chi connectivity index (χ4v) is 5.60. The van der Waals surface area contributed by atoms with Crippen molar-refractivity contribution >= 4 is 98.8 Å². The molecule has 35 nitrogen and oxygen atoms in total. The number of carboxylic acid groups (broad SMARTS) is 7. The smallest absolute Gasteiger partial charge is 0.343 e. The van der Waals surface area contributed by atoms with E-state index in [1.54, 1.807) is 0 Å². The lowest BCUT2D eigenvalue weighted by Crippen LogP contribution is -2.04. The van der Waals surface area contributed by atoms with Gasteiger partial charge in [0.25, 0.3) is 6.47 Å². The number of hydrogen-bond acceptors (Lipinski definition) is 32. The van der Waals surface area contributed by atoms with Crippen LogP contribution < -0.4 is 14.2 Å². The van der Waals surface area contributed by atoms with Gasteiger partial charge in [0, 0.05) is 29.2 Å². The number of methoxy groups -OCH3 is 2. The SMILES string of the molecule is COc1cc(C(=O)O)cc(OC)c1O.O=C(O)c1c(O)cccc1O.O=C(O)c1cc(O)c(O)c(O)c1.O=C(O)c1ccc(O)c(O)c1.O=C(O)c1ccc(O)cc1O.O=C(O)c1cccc(O)c1O.O=COc1cc(O)c(C(=O)O)cc1O.OCC(S)CS.OCCO.SCCS. The second kappa shape index (κ2) is 48.1. The van der Waals surface area contributed by atoms with E-state index in [1.807, 2.05) is 0 Å². The van der Waals surface area contributed by atoms with Gasteiger partial charge in [0.15, 0.2) is 63.2 Å². The molecule has 0 heterocycles. The summed E-state index contributed by atoms with van der Waals surface area (Å²) in [5.74, 6) is -13.1. The Morgan fingerprint density at radius 2 is 0.816 bits per heavy atom. The average Bonchev–Trinajstić information content (AvgIpc) is 0.870. The van der Waals surface area contributed by atoms with Crippen LogP contribution in [0.15, 0.2) is 109 Å². The topological polar surface area (TPSA) is 650 Å². The molecule has 536 valence electrons. The molecule has 0 aliphatic heterocycles. The number of aromatic carboxylic acids is 7. The zero-order valence-corrected chi connectivity index (χ0v) is 53.9. The quantitative estimate of drug-likeness (QED) is 0.0273. The third-order valence-corrected chi connectivity index (χ3v) is 11.9. The van der Waals surface area contributed by atoms with E-state index in [-0.39, 0.29) is 93.9 Å². The van der Waals surface area contributed by atoms with E-state index in [9.17, 15) is 43.5 Å². The molecule has 7 aromatic rings. The van der Waals surface area contributed by atoms with Crippen LogP contribution >= 0.6 is 50.5 Å². The number of phenolic OH excluding ortho intramolecular Hbond substituents is 9. The molecular formula is C59H66O35S4. The van der Waals surface area contributed by atoms with Crippen molar-refractivity contribution < 1.29 is 175 Å². The van der Waals surface area contributed by atoms with Gasteiger partial charge in [-0.3, -0.25) is 4.79 Å². The first-order valence-corrected chi connectivity index (χ1v) is 28.1. The lowest BCUT2D eigenvalue weighted by atomic mass is 10.2. The third-order valence-electron chi connectivity index (χ3n) is 10.1. The van der Waals surface area contributed by atoms with Crippen molar-refractivity contribution in [3.63, 3.8) is 0 Å². The molecule has 1 atom stereocenters. The zero-order valence-electron chi connectivity index (χ0n) is 50.3. The summed E-state index contributed by atoms with van der Waals surface area (Å²) < 4.78 is 13.8. The molecule has 1 unspecified atom stereocenters. The fourth-order valence-electron chi connectivity index (χ4n) is 5.49. The van der Waals surface area contributed by atoms with Crippen molar-refractivity contribution in [1.29, 1.82) is 0 Å². The molecule has 98 heavy (non-hydrogen) atoms. The van der Waals surface area contributed by atoms with E-state index in [2.05, 4.69) is 55.3 Å². The fraction of sp³-hybridized carbons (Fsp3) is 0.153. The van der Waals surface area contributed by atoms with Crippen molar-refractivity contribution in [3.8, 4) is 97.7 Å². The minimum Gasteiger partial charge on any atom is -0.508 e. The van der Waals surface area contributed by atoms with Gasteiger partial charge in [-0.1, -0.05) is 12.1 Å². The molecule has 24 N–H and O–H groups in total. The van der Waals surface area contributed by atoms with Crippen LogP contribution in [0.25, 0.3) is 0 Å². The average molecular weight is 1460 g/mol. The molecule has 0 bridgehead atoms. The normalized spacial score (nSPS) is 9.64. The second-order valence-electron chi connectivity index (χ2n) is 16.9. The van der Waals surface area contributed by atoms with Crippen molar-refractivity contribution in [2.45, 2.75) is 5.25 Å². The molecule has 0 amide bonds.